The highest BCUT2D eigenvalue weighted by atomic mass is 32.2. The molecule has 1 aromatic heterocycles. The monoisotopic (exact) mass is 465 g/mol. The summed E-state index contributed by atoms with van der Waals surface area (Å²) in [6.45, 7) is 1.54. The van der Waals surface area contributed by atoms with E-state index < -0.39 is 5.97 Å². The topological polar surface area (TPSA) is 87.1 Å². The normalized spacial score (nSPS) is 18.9. The van der Waals surface area contributed by atoms with Crippen molar-refractivity contribution in [2.45, 2.75) is 31.3 Å². The van der Waals surface area contributed by atoms with Crippen LogP contribution in [-0.2, 0) is 9.53 Å². The summed E-state index contributed by atoms with van der Waals surface area (Å²) >= 11 is 1.60. The molecule has 33 heavy (non-hydrogen) atoms. The SMILES string of the molecule is CN(c1cc(Oc2ccccc2)cc2cc(C3=N[C@H](CC(=O)O)CS3)[nH]c12)C1CCOCC1. The summed E-state index contributed by atoms with van der Waals surface area (Å²) in [5.41, 5.74) is 3.02. The van der Waals surface area contributed by atoms with Gasteiger partial charge in [-0.1, -0.05) is 18.2 Å². The number of nitrogens with zero attached hydrogens (tertiary/aromatic N) is 2. The largest absolute Gasteiger partial charge is 0.481 e. The Morgan fingerprint density at radius 3 is 2.76 bits per heavy atom. The molecule has 172 valence electrons. The molecule has 7 nitrogen and oxygen atoms in total. The molecule has 0 aliphatic carbocycles. The number of carboxylic acid groups (broad SMARTS) is 1. The molecule has 0 spiro atoms. The third kappa shape index (κ3) is 4.86. The van der Waals surface area contributed by atoms with Crippen molar-refractivity contribution >= 4 is 39.4 Å². The van der Waals surface area contributed by atoms with Gasteiger partial charge in [-0.05, 0) is 37.1 Å². The number of para-hydroxylation sites is 1. The number of anilines is 1. The lowest BCUT2D eigenvalue weighted by Gasteiger charge is -2.33. The number of thioether (sulfide) groups is 1. The van der Waals surface area contributed by atoms with Crippen LogP contribution in [0.4, 0.5) is 5.69 Å². The number of fused-ring (bicyclic) bond motifs is 1. The molecule has 0 amide bonds. The Kier molecular flexibility index (Phi) is 6.28. The van der Waals surface area contributed by atoms with Crippen LogP contribution in [0, 0.1) is 0 Å². The van der Waals surface area contributed by atoms with Crippen LogP contribution < -0.4 is 9.64 Å². The van der Waals surface area contributed by atoms with Crippen molar-refractivity contribution in [2.24, 2.45) is 4.99 Å². The molecule has 1 saturated heterocycles. The zero-order valence-corrected chi connectivity index (χ0v) is 19.3. The van der Waals surface area contributed by atoms with Gasteiger partial charge >= 0.3 is 5.97 Å². The molecule has 8 heteroatoms. The fourth-order valence-corrected chi connectivity index (χ4v) is 5.44. The third-order valence-electron chi connectivity index (χ3n) is 6.13. The standard InChI is InChI=1S/C25H27N3O4S/c1-28(18-7-9-31-10-8-18)22-14-20(32-19-5-3-2-4-6-19)11-16-12-21(27-24(16)22)25-26-17(15-33-25)13-23(29)30/h2-6,11-12,14,17-18,27H,7-10,13,15H2,1H3,(H,29,30)/t17-/m1/s1. The first kappa shape index (κ1) is 21.9. The summed E-state index contributed by atoms with van der Waals surface area (Å²) in [6, 6.07) is 16.2. The van der Waals surface area contributed by atoms with Crippen molar-refractivity contribution in [3.63, 3.8) is 0 Å². The summed E-state index contributed by atoms with van der Waals surface area (Å²) in [6.07, 6.45) is 2.02. The molecule has 2 N–H and O–H groups in total. The highest BCUT2D eigenvalue weighted by Gasteiger charge is 2.25. The fourth-order valence-electron chi connectivity index (χ4n) is 4.41. The summed E-state index contributed by atoms with van der Waals surface area (Å²) in [5, 5.41) is 11.0. The van der Waals surface area contributed by atoms with Crippen LogP contribution >= 0.6 is 11.8 Å². The van der Waals surface area contributed by atoms with E-state index >= 15 is 0 Å². The van der Waals surface area contributed by atoms with Crippen molar-refractivity contribution < 1.29 is 19.4 Å². The number of rotatable bonds is 7. The molecule has 1 atom stereocenters. The molecule has 1 fully saturated rings. The van der Waals surface area contributed by atoms with Crippen LogP contribution in [0.1, 0.15) is 25.0 Å². The number of carboxylic acids is 1. The first-order valence-electron chi connectivity index (χ1n) is 11.2. The molecule has 0 radical (unpaired) electrons. The Labute approximate surface area is 196 Å². The summed E-state index contributed by atoms with van der Waals surface area (Å²) < 4.78 is 11.8. The molecule has 0 unspecified atom stereocenters. The number of H-pyrrole nitrogens is 1. The van der Waals surface area contributed by atoms with Crippen LogP contribution in [0.2, 0.25) is 0 Å². The van der Waals surface area contributed by atoms with Crippen LogP contribution in [0.3, 0.4) is 0 Å². The lowest BCUT2D eigenvalue weighted by Crippen LogP contribution is -2.36. The first-order valence-corrected chi connectivity index (χ1v) is 12.2. The van der Waals surface area contributed by atoms with Crippen LogP contribution in [0.5, 0.6) is 11.5 Å². The minimum atomic E-state index is -0.815. The predicted molar refractivity (Wildman–Crippen MR) is 132 cm³/mol. The van der Waals surface area contributed by atoms with E-state index in [1.54, 1.807) is 11.8 Å². The molecule has 3 aromatic rings. The highest BCUT2D eigenvalue weighted by Crippen LogP contribution is 2.37. The third-order valence-corrected chi connectivity index (χ3v) is 7.28. The average Bonchev–Trinajstić information content (AvgIpc) is 3.46. The van der Waals surface area contributed by atoms with Gasteiger partial charge in [-0.25, -0.2) is 0 Å². The lowest BCUT2D eigenvalue weighted by molar-refractivity contribution is -0.137. The molecule has 2 aliphatic heterocycles. The Morgan fingerprint density at radius 1 is 1.21 bits per heavy atom. The lowest BCUT2D eigenvalue weighted by atomic mass is 10.1. The number of hydrogen-bond acceptors (Lipinski definition) is 6. The van der Waals surface area contributed by atoms with Gasteiger partial charge in [0.05, 0.1) is 29.4 Å². The summed E-state index contributed by atoms with van der Waals surface area (Å²) in [5.74, 6) is 1.44. The Balaban J connectivity index is 1.52. The van der Waals surface area contributed by atoms with Gasteiger partial charge in [-0.3, -0.25) is 9.79 Å². The van der Waals surface area contributed by atoms with Gasteiger partial charge in [0.15, 0.2) is 0 Å². The van der Waals surface area contributed by atoms with E-state index in [-0.39, 0.29) is 12.5 Å². The van der Waals surface area contributed by atoms with Crippen LogP contribution in [0.25, 0.3) is 10.9 Å². The summed E-state index contributed by atoms with van der Waals surface area (Å²) in [4.78, 5) is 21.6. The second kappa shape index (κ2) is 9.49. The number of aliphatic carboxylic acids is 1. The van der Waals surface area contributed by atoms with E-state index in [1.165, 1.54) is 0 Å². The van der Waals surface area contributed by atoms with Crippen molar-refractivity contribution in [1.82, 2.24) is 4.98 Å². The predicted octanol–water partition coefficient (Wildman–Crippen LogP) is 4.91. The van der Waals surface area contributed by atoms with Gasteiger partial charge in [-0.2, -0.15) is 0 Å². The van der Waals surface area contributed by atoms with E-state index in [1.807, 2.05) is 36.4 Å². The smallest absolute Gasteiger partial charge is 0.305 e. The number of hydrogen-bond donors (Lipinski definition) is 2. The quantitative estimate of drug-likeness (QED) is 0.515. The van der Waals surface area contributed by atoms with Gasteiger partial charge < -0.3 is 24.5 Å². The molecule has 3 heterocycles. The maximum Gasteiger partial charge on any atom is 0.305 e. The number of benzene rings is 2. The number of nitrogens with one attached hydrogen (secondary N) is 1. The molecule has 2 aliphatic rings. The molecule has 0 saturated carbocycles. The first-order chi connectivity index (χ1) is 16.1. The molecule has 0 bridgehead atoms. The molecule has 2 aromatic carbocycles. The average molecular weight is 466 g/mol. The van der Waals surface area contributed by atoms with Crippen LogP contribution in [-0.4, -0.2) is 59.2 Å². The summed E-state index contributed by atoms with van der Waals surface area (Å²) in [7, 11) is 2.13. The zero-order valence-electron chi connectivity index (χ0n) is 18.5. The van der Waals surface area contributed by atoms with E-state index in [4.69, 9.17) is 14.6 Å². The number of aromatic nitrogens is 1. The van der Waals surface area contributed by atoms with E-state index in [9.17, 15) is 4.79 Å². The van der Waals surface area contributed by atoms with Crippen molar-refractivity contribution in [3.05, 3.63) is 54.2 Å². The minimum Gasteiger partial charge on any atom is -0.481 e. The minimum absolute atomic E-state index is 0.0591. The Bertz CT molecular complexity index is 1170. The second-order valence-corrected chi connectivity index (χ2v) is 9.46. The fraction of sp³-hybridized carbons (Fsp3) is 0.360. The van der Waals surface area contributed by atoms with E-state index in [2.05, 4.69) is 34.1 Å². The highest BCUT2D eigenvalue weighted by molar-refractivity contribution is 8.14. The number of carbonyl (C=O) groups is 1. The molecular formula is C25H27N3O4S. The van der Waals surface area contributed by atoms with E-state index in [0.717, 1.165) is 64.9 Å². The number of ether oxygens (including phenoxy) is 2. The van der Waals surface area contributed by atoms with Gasteiger partial charge in [-0.15, -0.1) is 11.8 Å². The van der Waals surface area contributed by atoms with Crippen LogP contribution in [0.15, 0.2) is 53.5 Å². The van der Waals surface area contributed by atoms with E-state index in [0.29, 0.717) is 11.8 Å². The van der Waals surface area contributed by atoms with Crippen molar-refractivity contribution in [1.29, 1.82) is 0 Å². The maximum absolute atomic E-state index is 11.1. The second-order valence-electron chi connectivity index (χ2n) is 8.46. The van der Waals surface area contributed by atoms with Crippen molar-refractivity contribution in [2.75, 3.05) is 30.9 Å². The zero-order chi connectivity index (χ0) is 22.8. The molecular weight excluding hydrogens is 438 g/mol. The van der Waals surface area contributed by atoms with Gasteiger partial charge in [0.25, 0.3) is 0 Å². The Morgan fingerprint density at radius 2 is 2.00 bits per heavy atom. The van der Waals surface area contributed by atoms with Crippen molar-refractivity contribution in [3.8, 4) is 11.5 Å². The maximum atomic E-state index is 11.1. The Hall–Kier alpha value is -2.97. The molecule has 5 rings (SSSR count). The number of aromatic amines is 1. The number of aliphatic imine (C=N–C) groups is 1. The van der Waals surface area contributed by atoms with Gasteiger partial charge in [0, 0.05) is 43.5 Å². The van der Waals surface area contributed by atoms with Gasteiger partial charge in [0.2, 0.25) is 0 Å². The van der Waals surface area contributed by atoms with Gasteiger partial charge in [0.1, 0.15) is 16.5 Å².